The number of rotatable bonds is 3. The number of carbonyl (C=O) groups excluding carboxylic acids is 2. The highest BCUT2D eigenvalue weighted by atomic mass is 32.2. The van der Waals surface area contributed by atoms with E-state index in [1.807, 2.05) is 0 Å². The molecule has 0 bridgehead atoms. The summed E-state index contributed by atoms with van der Waals surface area (Å²) in [4.78, 5) is 26.6. The van der Waals surface area contributed by atoms with Gasteiger partial charge in [0.15, 0.2) is 15.6 Å². The number of aryl methyl sites for hydroxylation is 1. The fraction of sp³-hybridized carbons (Fsp3) is 0.538. The zero-order valence-corrected chi connectivity index (χ0v) is 12.6. The lowest BCUT2D eigenvalue weighted by Crippen LogP contribution is -2.36. The fourth-order valence-electron chi connectivity index (χ4n) is 2.67. The molecule has 0 radical (unpaired) electrons. The minimum Gasteiger partial charge on any atom is -0.354 e. The van der Waals surface area contributed by atoms with Crippen LogP contribution in [0, 0.1) is 13.8 Å². The summed E-state index contributed by atoms with van der Waals surface area (Å²) in [5.74, 6) is -0.366. The lowest BCUT2D eigenvalue weighted by atomic mass is 10.1. The van der Waals surface area contributed by atoms with E-state index in [1.165, 1.54) is 6.92 Å². The van der Waals surface area contributed by atoms with E-state index < -0.39 is 9.84 Å². The van der Waals surface area contributed by atoms with Gasteiger partial charge in [0.05, 0.1) is 11.5 Å². The number of ketones is 1. The Balaban J connectivity index is 2.19. The Morgan fingerprint density at radius 3 is 2.40 bits per heavy atom. The molecule has 1 aliphatic rings. The molecule has 0 aliphatic carbocycles. The summed E-state index contributed by atoms with van der Waals surface area (Å²) in [5, 5.41) is 2.71. The van der Waals surface area contributed by atoms with Crippen LogP contribution < -0.4 is 5.32 Å². The summed E-state index contributed by atoms with van der Waals surface area (Å²) >= 11 is 0. The van der Waals surface area contributed by atoms with Gasteiger partial charge in [-0.2, -0.15) is 0 Å². The van der Waals surface area contributed by atoms with E-state index in [2.05, 4.69) is 10.3 Å². The van der Waals surface area contributed by atoms with Gasteiger partial charge in [-0.05, 0) is 32.8 Å². The quantitative estimate of drug-likeness (QED) is 0.805. The minimum atomic E-state index is -3.03. The van der Waals surface area contributed by atoms with Crippen LogP contribution in [0.3, 0.4) is 0 Å². The highest BCUT2D eigenvalue weighted by Gasteiger charge is 2.30. The first kappa shape index (κ1) is 14.8. The Hall–Kier alpha value is -1.63. The number of Topliss-reactive ketones (excluding diaryl/α,β-unsaturated/α-hetero) is 1. The topological polar surface area (TPSA) is 96.1 Å². The molecule has 1 saturated heterocycles. The molecule has 1 aromatic rings. The minimum absolute atomic E-state index is 0.0168. The van der Waals surface area contributed by atoms with Gasteiger partial charge in [0.2, 0.25) is 0 Å². The second-order valence-corrected chi connectivity index (χ2v) is 7.48. The first-order valence-electron chi connectivity index (χ1n) is 6.42. The molecule has 2 N–H and O–H groups in total. The molecular weight excluding hydrogens is 280 g/mol. The molecule has 2 rings (SSSR count). The highest BCUT2D eigenvalue weighted by Crippen LogP contribution is 2.19. The lowest BCUT2D eigenvalue weighted by molar-refractivity contribution is 0.0935. The van der Waals surface area contributed by atoms with E-state index in [1.54, 1.807) is 13.8 Å². The van der Waals surface area contributed by atoms with Gasteiger partial charge in [-0.15, -0.1) is 0 Å². The van der Waals surface area contributed by atoms with Crippen LogP contribution in [-0.4, -0.2) is 42.6 Å². The molecule has 1 fully saturated rings. The molecule has 0 unspecified atom stereocenters. The second kappa shape index (κ2) is 5.05. The Morgan fingerprint density at radius 1 is 1.30 bits per heavy atom. The number of sulfone groups is 1. The van der Waals surface area contributed by atoms with Crippen LogP contribution in [0.15, 0.2) is 0 Å². The van der Waals surface area contributed by atoms with Crippen LogP contribution in [0.4, 0.5) is 0 Å². The molecule has 7 heteroatoms. The zero-order chi connectivity index (χ0) is 15.1. The molecule has 6 nitrogen and oxygen atoms in total. The average molecular weight is 298 g/mol. The first-order valence-corrected chi connectivity index (χ1v) is 8.25. The molecule has 1 amide bonds. The van der Waals surface area contributed by atoms with E-state index in [0.29, 0.717) is 28.9 Å². The van der Waals surface area contributed by atoms with Crippen molar-refractivity contribution >= 4 is 21.5 Å². The Kier molecular flexibility index (Phi) is 3.73. The summed E-state index contributed by atoms with van der Waals surface area (Å²) in [7, 11) is -3.03. The number of hydrogen-bond donors (Lipinski definition) is 2. The molecule has 1 aromatic heterocycles. The van der Waals surface area contributed by atoms with Crippen molar-refractivity contribution in [3.05, 3.63) is 22.5 Å². The van der Waals surface area contributed by atoms with Crippen molar-refractivity contribution < 1.29 is 18.0 Å². The van der Waals surface area contributed by atoms with E-state index in [9.17, 15) is 18.0 Å². The van der Waals surface area contributed by atoms with Crippen LogP contribution in [0.2, 0.25) is 0 Å². The number of hydrogen-bond acceptors (Lipinski definition) is 4. The molecule has 0 aromatic carbocycles. The highest BCUT2D eigenvalue weighted by molar-refractivity contribution is 7.91. The second-order valence-electron chi connectivity index (χ2n) is 5.25. The maximum absolute atomic E-state index is 12.2. The molecule has 1 atom stereocenters. The number of aromatic nitrogens is 1. The standard InChI is InChI=1S/C13H18N2O4S/c1-7-11(9(3)16)8(2)14-12(7)13(17)15-10-4-5-20(18,19)6-10/h10,14H,4-6H2,1-3H3,(H,15,17)/t10-/m1/s1. The number of H-pyrrole nitrogens is 1. The summed E-state index contributed by atoms with van der Waals surface area (Å²) in [6.45, 7) is 4.90. The first-order chi connectivity index (χ1) is 9.21. The lowest BCUT2D eigenvalue weighted by Gasteiger charge is -2.10. The smallest absolute Gasteiger partial charge is 0.268 e. The third kappa shape index (κ3) is 2.77. The van der Waals surface area contributed by atoms with E-state index in [-0.39, 0.29) is 29.2 Å². The largest absolute Gasteiger partial charge is 0.354 e. The summed E-state index contributed by atoms with van der Waals surface area (Å²) in [6.07, 6.45) is 0.437. The summed E-state index contributed by atoms with van der Waals surface area (Å²) < 4.78 is 22.7. The van der Waals surface area contributed by atoms with Gasteiger partial charge in [-0.25, -0.2) is 8.42 Å². The van der Waals surface area contributed by atoms with E-state index in [4.69, 9.17) is 0 Å². The molecule has 0 spiro atoms. The van der Waals surface area contributed by atoms with Gasteiger partial charge in [0.1, 0.15) is 5.69 Å². The Morgan fingerprint density at radius 2 is 1.95 bits per heavy atom. The molecule has 20 heavy (non-hydrogen) atoms. The molecule has 110 valence electrons. The van der Waals surface area contributed by atoms with Crippen molar-refractivity contribution in [3.63, 3.8) is 0 Å². The Bertz CT molecular complexity index is 673. The third-order valence-corrected chi connectivity index (χ3v) is 5.35. The van der Waals surface area contributed by atoms with E-state index in [0.717, 1.165) is 0 Å². The van der Waals surface area contributed by atoms with Crippen molar-refractivity contribution in [1.29, 1.82) is 0 Å². The maximum Gasteiger partial charge on any atom is 0.268 e. The van der Waals surface area contributed by atoms with Crippen LogP contribution >= 0.6 is 0 Å². The van der Waals surface area contributed by atoms with Gasteiger partial charge in [0, 0.05) is 17.3 Å². The average Bonchev–Trinajstić information content (AvgIpc) is 2.78. The third-order valence-electron chi connectivity index (χ3n) is 3.58. The normalized spacial score (nSPS) is 20.9. The number of nitrogens with one attached hydrogen (secondary N) is 2. The van der Waals surface area contributed by atoms with Gasteiger partial charge in [-0.3, -0.25) is 9.59 Å². The van der Waals surface area contributed by atoms with Gasteiger partial charge < -0.3 is 10.3 Å². The molecule has 0 saturated carbocycles. The van der Waals surface area contributed by atoms with Crippen LogP contribution in [0.5, 0.6) is 0 Å². The Labute approximate surface area is 117 Å². The maximum atomic E-state index is 12.2. The van der Waals surface area contributed by atoms with Gasteiger partial charge in [-0.1, -0.05) is 0 Å². The zero-order valence-electron chi connectivity index (χ0n) is 11.7. The van der Waals surface area contributed by atoms with Gasteiger partial charge >= 0.3 is 0 Å². The monoisotopic (exact) mass is 298 g/mol. The fourth-order valence-corrected chi connectivity index (χ4v) is 4.34. The SMILES string of the molecule is CC(=O)c1c(C)[nH]c(C(=O)N[C@@H]2CCS(=O)(=O)C2)c1C. The van der Waals surface area contributed by atoms with Crippen molar-refractivity contribution in [2.75, 3.05) is 11.5 Å². The van der Waals surface area contributed by atoms with Crippen LogP contribution in [0.1, 0.15) is 45.4 Å². The molecular formula is C13H18N2O4S. The summed E-state index contributed by atoms with van der Waals surface area (Å²) in [5.41, 5.74) is 2.11. The predicted octanol–water partition coefficient (Wildman–Crippen LogP) is 0.751. The van der Waals surface area contributed by atoms with Crippen molar-refractivity contribution in [2.24, 2.45) is 0 Å². The van der Waals surface area contributed by atoms with E-state index >= 15 is 0 Å². The number of carbonyl (C=O) groups is 2. The predicted molar refractivity (Wildman–Crippen MR) is 74.8 cm³/mol. The van der Waals surface area contributed by atoms with Gasteiger partial charge in [0.25, 0.3) is 5.91 Å². The summed E-state index contributed by atoms with van der Waals surface area (Å²) in [6, 6.07) is -0.351. The van der Waals surface area contributed by atoms with Crippen LogP contribution in [0.25, 0.3) is 0 Å². The molecule has 1 aliphatic heterocycles. The van der Waals surface area contributed by atoms with Crippen LogP contribution in [-0.2, 0) is 9.84 Å². The van der Waals surface area contributed by atoms with Crippen molar-refractivity contribution in [3.8, 4) is 0 Å². The number of amides is 1. The van der Waals surface area contributed by atoms with Crippen molar-refractivity contribution in [1.82, 2.24) is 10.3 Å². The van der Waals surface area contributed by atoms with Crippen molar-refractivity contribution in [2.45, 2.75) is 33.2 Å². The number of aromatic amines is 1. The molecule has 2 heterocycles.